The third kappa shape index (κ3) is 4.46. The highest BCUT2D eigenvalue weighted by Gasteiger charge is 2.59. The van der Waals surface area contributed by atoms with E-state index in [9.17, 15) is 22.8 Å². The number of hydrogen-bond acceptors (Lipinski definition) is 3. The molecule has 0 bridgehead atoms. The van der Waals surface area contributed by atoms with Gasteiger partial charge in [-0.3, -0.25) is 4.79 Å². The van der Waals surface area contributed by atoms with Gasteiger partial charge in [0.2, 0.25) is 0 Å². The Morgan fingerprint density at radius 3 is 1.94 bits per heavy atom. The average Bonchev–Trinajstić information content (AvgIpc) is 3.17. The van der Waals surface area contributed by atoms with Gasteiger partial charge < -0.3 is 4.74 Å². The summed E-state index contributed by atoms with van der Waals surface area (Å²) in [5, 5.41) is 0. The van der Waals surface area contributed by atoms with Crippen molar-refractivity contribution in [2.24, 2.45) is 5.92 Å². The molecule has 1 saturated heterocycles. The number of ether oxygens (including phenoxy) is 1. The molecule has 4 nitrogen and oxygen atoms in total. The molecule has 3 aromatic carbocycles. The molecule has 1 fully saturated rings. The van der Waals surface area contributed by atoms with E-state index in [2.05, 4.69) is 0 Å². The van der Waals surface area contributed by atoms with Crippen LogP contribution in [0.1, 0.15) is 36.1 Å². The van der Waals surface area contributed by atoms with Crippen LogP contribution in [0.2, 0.25) is 0 Å². The fourth-order valence-corrected chi connectivity index (χ4v) is 4.68. The minimum atomic E-state index is -4.58. The molecule has 0 aliphatic carbocycles. The first-order valence-corrected chi connectivity index (χ1v) is 11.2. The summed E-state index contributed by atoms with van der Waals surface area (Å²) in [6.45, 7) is 3.74. The van der Waals surface area contributed by atoms with Crippen LogP contribution < -0.4 is 0 Å². The SMILES string of the molecule is CC(C)[C@@H]1N(C(=O)/C=C/c2ccccc2C(F)(F)F)C(=O)OC1(c1ccccc1)c1ccccc1. The molecule has 0 N–H and O–H groups in total. The number of imide groups is 1. The van der Waals surface area contributed by atoms with Crippen LogP contribution >= 0.6 is 0 Å². The molecule has 35 heavy (non-hydrogen) atoms. The molecular weight excluding hydrogens is 455 g/mol. The third-order valence-corrected chi connectivity index (χ3v) is 6.09. The van der Waals surface area contributed by atoms with Crippen molar-refractivity contribution in [1.82, 2.24) is 4.90 Å². The molecule has 0 spiro atoms. The number of hydrogen-bond donors (Lipinski definition) is 0. The summed E-state index contributed by atoms with van der Waals surface area (Å²) in [4.78, 5) is 27.5. The molecule has 0 radical (unpaired) electrons. The van der Waals surface area contributed by atoms with Gasteiger partial charge in [0.25, 0.3) is 5.91 Å². The van der Waals surface area contributed by atoms with Gasteiger partial charge in [-0.1, -0.05) is 92.7 Å². The Kier molecular flexibility index (Phi) is 6.52. The Hall–Kier alpha value is -3.87. The molecule has 180 valence electrons. The smallest absolute Gasteiger partial charge is 0.418 e. The number of carbonyl (C=O) groups excluding carboxylic acids is 2. The maximum atomic E-state index is 13.4. The Balaban J connectivity index is 1.79. The Bertz CT molecular complexity index is 1200. The number of nitrogens with zero attached hydrogens (tertiary/aromatic N) is 1. The predicted molar refractivity (Wildman–Crippen MR) is 126 cm³/mol. The molecule has 1 aliphatic rings. The standard InChI is InChI=1S/C28H24F3NO3/c1-19(2)25-27(21-12-5-3-6-13-21,22-14-7-4-8-15-22)35-26(34)32(25)24(33)18-17-20-11-9-10-16-23(20)28(29,30)31/h3-19,25H,1-2H3/b18-17+/t25-/m0/s1. The number of rotatable bonds is 5. The average molecular weight is 479 g/mol. The molecule has 1 aliphatic heterocycles. The fourth-order valence-electron chi connectivity index (χ4n) is 4.68. The van der Waals surface area contributed by atoms with Crippen LogP contribution in [0.25, 0.3) is 6.08 Å². The quantitative estimate of drug-likeness (QED) is 0.384. The van der Waals surface area contributed by atoms with Crippen molar-refractivity contribution in [3.8, 4) is 0 Å². The van der Waals surface area contributed by atoms with E-state index in [1.54, 1.807) is 0 Å². The van der Waals surface area contributed by atoms with Crippen LogP contribution in [-0.4, -0.2) is 22.9 Å². The van der Waals surface area contributed by atoms with Crippen molar-refractivity contribution in [3.05, 3.63) is 113 Å². The van der Waals surface area contributed by atoms with E-state index in [1.165, 1.54) is 18.2 Å². The summed E-state index contributed by atoms with van der Waals surface area (Å²) in [6.07, 6.45) is -3.35. The largest absolute Gasteiger partial charge is 0.430 e. The lowest BCUT2D eigenvalue weighted by atomic mass is 9.75. The zero-order valence-electron chi connectivity index (χ0n) is 19.2. The highest BCUT2D eigenvalue weighted by Crippen LogP contribution is 2.47. The van der Waals surface area contributed by atoms with Crippen LogP contribution in [0.5, 0.6) is 0 Å². The first kappa shape index (κ1) is 24.3. The summed E-state index contributed by atoms with van der Waals surface area (Å²) < 4.78 is 46.1. The van der Waals surface area contributed by atoms with Gasteiger partial charge in [0, 0.05) is 17.2 Å². The maximum absolute atomic E-state index is 13.4. The zero-order chi connectivity index (χ0) is 25.2. The van der Waals surface area contributed by atoms with Gasteiger partial charge >= 0.3 is 12.3 Å². The van der Waals surface area contributed by atoms with Gasteiger partial charge in [-0.05, 0) is 23.6 Å². The second-order valence-corrected chi connectivity index (χ2v) is 8.65. The predicted octanol–water partition coefficient (Wildman–Crippen LogP) is 6.67. The van der Waals surface area contributed by atoms with Crippen molar-refractivity contribution in [3.63, 3.8) is 0 Å². The fraction of sp³-hybridized carbons (Fsp3) is 0.214. The number of halogens is 3. The normalized spacial score (nSPS) is 17.7. The second kappa shape index (κ2) is 9.41. The summed E-state index contributed by atoms with van der Waals surface area (Å²) in [7, 11) is 0. The topological polar surface area (TPSA) is 46.6 Å². The van der Waals surface area contributed by atoms with Crippen LogP contribution in [0.3, 0.4) is 0 Å². The van der Waals surface area contributed by atoms with E-state index in [4.69, 9.17) is 4.74 Å². The van der Waals surface area contributed by atoms with Crippen LogP contribution in [0.15, 0.2) is 91.0 Å². The molecule has 1 atom stereocenters. The van der Waals surface area contributed by atoms with Crippen molar-refractivity contribution < 1.29 is 27.5 Å². The molecule has 2 amide bonds. The molecule has 0 aromatic heterocycles. The number of amides is 2. The van der Waals surface area contributed by atoms with E-state index in [-0.39, 0.29) is 11.5 Å². The van der Waals surface area contributed by atoms with Gasteiger partial charge in [-0.15, -0.1) is 0 Å². The minimum absolute atomic E-state index is 0.167. The van der Waals surface area contributed by atoms with Crippen molar-refractivity contribution in [2.75, 3.05) is 0 Å². The summed E-state index contributed by atoms with van der Waals surface area (Å²) in [5.41, 5.74) is -0.920. The van der Waals surface area contributed by atoms with Crippen molar-refractivity contribution in [1.29, 1.82) is 0 Å². The van der Waals surface area contributed by atoms with Crippen molar-refractivity contribution in [2.45, 2.75) is 31.7 Å². The lowest BCUT2D eigenvalue weighted by Gasteiger charge is -2.37. The first-order chi connectivity index (χ1) is 16.7. The number of benzene rings is 3. The molecule has 0 unspecified atom stereocenters. The van der Waals surface area contributed by atoms with E-state index >= 15 is 0 Å². The second-order valence-electron chi connectivity index (χ2n) is 8.65. The highest BCUT2D eigenvalue weighted by molar-refractivity contribution is 6.02. The summed E-state index contributed by atoms with van der Waals surface area (Å²) in [6, 6.07) is 22.5. The van der Waals surface area contributed by atoms with E-state index in [0.29, 0.717) is 11.1 Å². The molecule has 0 saturated carbocycles. The van der Waals surface area contributed by atoms with E-state index in [0.717, 1.165) is 23.1 Å². The zero-order valence-corrected chi connectivity index (χ0v) is 19.2. The Labute approximate surface area is 201 Å². The summed E-state index contributed by atoms with van der Waals surface area (Å²) >= 11 is 0. The molecule has 3 aromatic rings. The number of alkyl halides is 3. The Morgan fingerprint density at radius 2 is 1.43 bits per heavy atom. The van der Waals surface area contributed by atoms with Crippen molar-refractivity contribution >= 4 is 18.1 Å². The maximum Gasteiger partial charge on any atom is 0.418 e. The van der Waals surface area contributed by atoms with Gasteiger partial charge in [0.05, 0.1) is 11.6 Å². The van der Waals surface area contributed by atoms with E-state index in [1.807, 2.05) is 74.5 Å². The molecule has 4 rings (SSSR count). The van der Waals surface area contributed by atoms with Gasteiger partial charge in [-0.2, -0.15) is 13.2 Å². The monoisotopic (exact) mass is 479 g/mol. The number of cyclic esters (lactones) is 1. The minimum Gasteiger partial charge on any atom is -0.430 e. The summed E-state index contributed by atoms with van der Waals surface area (Å²) in [5.74, 6) is -0.985. The molecule has 1 heterocycles. The van der Waals surface area contributed by atoms with Crippen LogP contribution in [-0.2, 0) is 21.3 Å². The van der Waals surface area contributed by atoms with E-state index < -0.39 is 35.4 Å². The Morgan fingerprint density at radius 1 is 0.914 bits per heavy atom. The third-order valence-electron chi connectivity index (χ3n) is 6.09. The van der Waals surface area contributed by atoms with Crippen LogP contribution in [0, 0.1) is 5.92 Å². The molecule has 7 heteroatoms. The lowest BCUT2D eigenvalue weighted by Crippen LogP contribution is -2.49. The van der Waals surface area contributed by atoms with Gasteiger partial charge in [-0.25, -0.2) is 9.69 Å². The highest BCUT2D eigenvalue weighted by atomic mass is 19.4. The van der Waals surface area contributed by atoms with Gasteiger partial charge in [0.1, 0.15) is 0 Å². The van der Waals surface area contributed by atoms with Gasteiger partial charge in [0.15, 0.2) is 5.60 Å². The van der Waals surface area contributed by atoms with Crippen LogP contribution in [0.4, 0.5) is 18.0 Å². The first-order valence-electron chi connectivity index (χ1n) is 11.2. The molecular formula is C28H24F3NO3. The lowest BCUT2D eigenvalue weighted by molar-refractivity contribution is -0.137. The number of carbonyl (C=O) groups is 2.